The van der Waals surface area contributed by atoms with Gasteiger partial charge in [0.1, 0.15) is 29.8 Å². The number of nitrogens with zero attached hydrogens (tertiary/aromatic N) is 2. The van der Waals surface area contributed by atoms with Crippen molar-refractivity contribution < 1.29 is 33.4 Å². The molecule has 0 bridgehead atoms. The molecule has 0 saturated heterocycles. The third-order valence-corrected chi connectivity index (χ3v) is 5.63. The molecule has 4 N–H and O–H groups in total. The van der Waals surface area contributed by atoms with Gasteiger partial charge < -0.3 is 30.7 Å². The van der Waals surface area contributed by atoms with Crippen LogP contribution in [0.2, 0.25) is 0 Å². The van der Waals surface area contributed by atoms with Gasteiger partial charge in [-0.15, -0.1) is 0 Å². The van der Waals surface area contributed by atoms with Gasteiger partial charge in [-0.1, -0.05) is 12.1 Å². The number of carbonyl (C=O) groups excluding carboxylic acids is 5. The fourth-order valence-electron chi connectivity index (χ4n) is 3.60. The Morgan fingerprint density at radius 3 is 1.68 bits per heavy atom. The smallest absolute Gasteiger partial charge is 0.408 e. The van der Waals surface area contributed by atoms with E-state index in [-0.39, 0.29) is 12.8 Å². The molecule has 0 unspecified atom stereocenters. The molecule has 0 aliphatic rings. The van der Waals surface area contributed by atoms with Crippen molar-refractivity contribution in [2.24, 2.45) is 0 Å². The van der Waals surface area contributed by atoms with Gasteiger partial charge in [-0.25, -0.2) is 9.59 Å². The molecule has 2 aromatic heterocycles. The molecule has 13 heteroatoms. The van der Waals surface area contributed by atoms with E-state index in [1.807, 2.05) is 0 Å². The van der Waals surface area contributed by atoms with Crippen molar-refractivity contribution in [2.75, 3.05) is 7.11 Å². The maximum Gasteiger partial charge on any atom is 0.408 e. The summed E-state index contributed by atoms with van der Waals surface area (Å²) in [5.74, 6) is -2.58. The molecular weight excluding hydrogens is 532 g/mol. The summed E-state index contributed by atoms with van der Waals surface area (Å²) in [5, 5.41) is 10.3. The lowest BCUT2D eigenvalue weighted by atomic mass is 10.1. The maximum atomic E-state index is 13.2. The lowest BCUT2D eigenvalue weighted by molar-refractivity contribution is -0.144. The topological polar surface area (TPSA) is 178 Å². The second-order valence-electron chi connectivity index (χ2n) is 10.4. The molecule has 4 amide bonds. The number of amides is 4. The molecule has 0 saturated carbocycles. The molecular formula is C28H38N6O7. The van der Waals surface area contributed by atoms with E-state index < -0.39 is 59.6 Å². The SMILES string of the molecule is COC(=O)[C@H](C)NC(=O)[C@H](Cc1cccnc1)NC(=O)[C@H](C)NC(=O)[C@H](Cc1cccnc1)NC(=O)OC(C)(C)C. The third kappa shape index (κ3) is 11.6. The summed E-state index contributed by atoms with van der Waals surface area (Å²) in [5.41, 5.74) is 0.546. The van der Waals surface area contributed by atoms with Crippen molar-refractivity contribution in [3.63, 3.8) is 0 Å². The minimum Gasteiger partial charge on any atom is -0.467 e. The molecule has 41 heavy (non-hydrogen) atoms. The number of esters is 1. The summed E-state index contributed by atoms with van der Waals surface area (Å²) >= 11 is 0. The van der Waals surface area contributed by atoms with Crippen LogP contribution in [-0.4, -0.2) is 76.6 Å². The summed E-state index contributed by atoms with van der Waals surface area (Å²) < 4.78 is 9.94. The fourth-order valence-corrected chi connectivity index (χ4v) is 3.60. The molecule has 0 radical (unpaired) electrons. The average molecular weight is 571 g/mol. The van der Waals surface area contributed by atoms with Gasteiger partial charge in [-0.3, -0.25) is 24.4 Å². The van der Waals surface area contributed by atoms with Crippen molar-refractivity contribution in [3.8, 4) is 0 Å². The van der Waals surface area contributed by atoms with Crippen LogP contribution in [0.5, 0.6) is 0 Å². The minimum absolute atomic E-state index is 0.0732. The van der Waals surface area contributed by atoms with E-state index in [4.69, 9.17) is 4.74 Å². The number of aromatic nitrogens is 2. The Morgan fingerprint density at radius 2 is 1.24 bits per heavy atom. The minimum atomic E-state index is -1.10. The number of hydrogen-bond acceptors (Lipinski definition) is 9. The third-order valence-electron chi connectivity index (χ3n) is 5.63. The Labute approximate surface area is 239 Å². The van der Waals surface area contributed by atoms with Crippen LogP contribution in [0.4, 0.5) is 4.79 Å². The fraction of sp³-hybridized carbons (Fsp3) is 0.464. The summed E-state index contributed by atoms with van der Waals surface area (Å²) in [6.07, 6.45) is 5.62. The number of methoxy groups -OCH3 is 1. The number of rotatable bonds is 12. The highest BCUT2D eigenvalue weighted by atomic mass is 16.6. The van der Waals surface area contributed by atoms with Crippen LogP contribution in [0.3, 0.4) is 0 Å². The Bertz CT molecular complexity index is 1190. The predicted molar refractivity (Wildman–Crippen MR) is 148 cm³/mol. The van der Waals surface area contributed by atoms with Crippen LogP contribution in [-0.2, 0) is 41.5 Å². The van der Waals surface area contributed by atoms with Gasteiger partial charge in [0.05, 0.1) is 7.11 Å². The highest BCUT2D eigenvalue weighted by molar-refractivity contribution is 5.94. The quantitative estimate of drug-likeness (QED) is 0.269. The number of ether oxygens (including phenoxy) is 2. The first kappa shape index (κ1) is 32.7. The molecule has 0 spiro atoms. The van der Waals surface area contributed by atoms with Crippen LogP contribution < -0.4 is 21.3 Å². The van der Waals surface area contributed by atoms with Crippen molar-refractivity contribution in [1.29, 1.82) is 0 Å². The van der Waals surface area contributed by atoms with Gasteiger partial charge in [0.25, 0.3) is 0 Å². The first-order valence-electron chi connectivity index (χ1n) is 13.0. The molecule has 0 fully saturated rings. The number of nitrogens with one attached hydrogen (secondary N) is 4. The Morgan fingerprint density at radius 1 is 0.756 bits per heavy atom. The second kappa shape index (κ2) is 15.3. The highest BCUT2D eigenvalue weighted by Crippen LogP contribution is 2.09. The molecule has 2 aromatic rings. The first-order chi connectivity index (χ1) is 19.3. The van der Waals surface area contributed by atoms with E-state index in [1.165, 1.54) is 21.0 Å². The summed E-state index contributed by atoms with van der Waals surface area (Å²) in [7, 11) is 1.20. The first-order valence-corrected chi connectivity index (χ1v) is 13.0. The van der Waals surface area contributed by atoms with Crippen molar-refractivity contribution in [1.82, 2.24) is 31.2 Å². The lowest BCUT2D eigenvalue weighted by Crippen LogP contribution is -2.57. The molecule has 222 valence electrons. The van der Waals surface area contributed by atoms with Gasteiger partial charge in [0.2, 0.25) is 17.7 Å². The number of pyridine rings is 2. The Balaban J connectivity index is 2.15. The molecule has 4 atom stereocenters. The highest BCUT2D eigenvalue weighted by Gasteiger charge is 2.30. The summed E-state index contributed by atoms with van der Waals surface area (Å²) in [6.45, 7) is 7.98. The molecule has 0 aliphatic heterocycles. The monoisotopic (exact) mass is 570 g/mol. The van der Waals surface area contributed by atoms with Crippen LogP contribution in [0.1, 0.15) is 45.7 Å². The molecule has 2 heterocycles. The van der Waals surface area contributed by atoms with E-state index in [1.54, 1.807) is 69.8 Å². The lowest BCUT2D eigenvalue weighted by Gasteiger charge is -2.25. The van der Waals surface area contributed by atoms with Gasteiger partial charge in [0, 0.05) is 37.6 Å². The van der Waals surface area contributed by atoms with Crippen LogP contribution in [0.15, 0.2) is 49.1 Å². The van der Waals surface area contributed by atoms with E-state index in [9.17, 15) is 24.0 Å². The standard InChI is InChI=1S/C28H38N6O7/c1-17(31-25(37)22(14-20-10-8-12-30-16-20)34-27(39)41-28(3,4)5)23(35)33-21(13-19-9-7-11-29-15-19)24(36)32-18(2)26(38)40-6/h7-12,15-18,21-22H,13-14H2,1-6H3,(H,31,37)(H,32,36)(H,33,35)(H,34,39)/t17-,18-,21-,22-/m0/s1. The van der Waals surface area contributed by atoms with E-state index >= 15 is 0 Å². The molecule has 2 rings (SSSR count). The van der Waals surface area contributed by atoms with Gasteiger partial charge in [0.15, 0.2) is 0 Å². The van der Waals surface area contributed by atoms with Gasteiger partial charge in [-0.2, -0.15) is 0 Å². The van der Waals surface area contributed by atoms with Crippen molar-refractivity contribution in [3.05, 3.63) is 60.2 Å². The van der Waals surface area contributed by atoms with E-state index in [0.717, 1.165) is 0 Å². The van der Waals surface area contributed by atoms with Crippen LogP contribution >= 0.6 is 0 Å². The molecule has 0 aromatic carbocycles. The van der Waals surface area contributed by atoms with Crippen LogP contribution in [0.25, 0.3) is 0 Å². The van der Waals surface area contributed by atoms with Crippen LogP contribution in [0, 0.1) is 0 Å². The van der Waals surface area contributed by atoms with E-state index in [2.05, 4.69) is 36.0 Å². The number of carbonyl (C=O) groups is 5. The normalized spacial score (nSPS) is 13.9. The molecule has 13 nitrogen and oxygen atoms in total. The zero-order valence-electron chi connectivity index (χ0n) is 24.1. The predicted octanol–water partition coefficient (Wildman–Crippen LogP) is 0.822. The van der Waals surface area contributed by atoms with Crippen molar-refractivity contribution in [2.45, 2.75) is 77.2 Å². The largest absolute Gasteiger partial charge is 0.467 e. The Kier molecular flexibility index (Phi) is 12.2. The number of alkyl carbamates (subject to hydrolysis) is 1. The summed E-state index contributed by atoms with van der Waals surface area (Å²) in [6, 6.07) is 2.64. The van der Waals surface area contributed by atoms with Gasteiger partial charge >= 0.3 is 12.1 Å². The maximum absolute atomic E-state index is 13.2. The zero-order chi connectivity index (χ0) is 30.6. The average Bonchev–Trinajstić information content (AvgIpc) is 2.91. The van der Waals surface area contributed by atoms with Crippen molar-refractivity contribution >= 4 is 29.8 Å². The second-order valence-corrected chi connectivity index (χ2v) is 10.4. The van der Waals surface area contributed by atoms with Gasteiger partial charge in [-0.05, 0) is 57.9 Å². The Hall–Kier alpha value is -4.55. The zero-order valence-corrected chi connectivity index (χ0v) is 24.1. The summed E-state index contributed by atoms with van der Waals surface area (Å²) in [4.78, 5) is 71.6. The number of hydrogen-bond donors (Lipinski definition) is 4. The van der Waals surface area contributed by atoms with E-state index in [0.29, 0.717) is 11.1 Å². The molecule has 0 aliphatic carbocycles.